The van der Waals surface area contributed by atoms with Crippen molar-refractivity contribution >= 4 is 41.5 Å². The summed E-state index contributed by atoms with van der Waals surface area (Å²) in [5.74, 6) is 0.468. The molecule has 0 aliphatic heterocycles. The fourth-order valence-corrected chi connectivity index (χ4v) is 4.92. The zero-order valence-electron chi connectivity index (χ0n) is 23.9. The first-order chi connectivity index (χ1) is 19.2. The number of nitrogens with one attached hydrogen (secondary N) is 2. The maximum Gasteiger partial charge on any atom is 0.407 e. The number of amides is 2. The third-order valence-corrected chi connectivity index (χ3v) is 7.15. The average Bonchev–Trinajstić information content (AvgIpc) is 3.27. The van der Waals surface area contributed by atoms with Crippen LogP contribution < -0.4 is 22.1 Å². The zero-order chi connectivity index (χ0) is 29.9. The molecule has 0 bridgehead atoms. The van der Waals surface area contributed by atoms with Crippen LogP contribution in [0, 0.1) is 0 Å². The third kappa shape index (κ3) is 16.4. The van der Waals surface area contributed by atoms with E-state index in [2.05, 4.69) is 22.8 Å². The Morgan fingerprint density at radius 1 is 0.886 bits per heavy atom. The lowest BCUT2D eigenvalue weighted by Gasteiger charge is -2.17. The second-order valence-electron chi connectivity index (χ2n) is 8.83. The van der Waals surface area contributed by atoms with Gasteiger partial charge < -0.3 is 31.9 Å². The van der Waals surface area contributed by atoms with Crippen molar-refractivity contribution in [3.05, 3.63) is 59.7 Å². The van der Waals surface area contributed by atoms with Crippen molar-refractivity contribution in [1.29, 1.82) is 0 Å². The number of nitrogens with two attached hydrogens (primary N) is 2. The number of carbonyl (C=O) groups excluding carboxylic acids is 2. The molecule has 254 valence electrons. The molecule has 0 saturated heterocycles. The highest BCUT2D eigenvalue weighted by Gasteiger charge is 2.29. The molecule has 1 aliphatic carbocycles. The summed E-state index contributed by atoms with van der Waals surface area (Å²) < 4.78 is 5.38. The molecule has 3 rings (SSSR count). The highest BCUT2D eigenvalue weighted by molar-refractivity contribution is 7.98. The van der Waals surface area contributed by atoms with Crippen LogP contribution in [0.25, 0.3) is 11.1 Å². The van der Waals surface area contributed by atoms with E-state index in [9.17, 15) is 19.5 Å². The van der Waals surface area contributed by atoms with E-state index in [1.165, 1.54) is 11.8 Å². The molecule has 2 atom stereocenters. The molecule has 9 nitrogen and oxygen atoms in total. The molecule has 0 radical (unpaired) electrons. The fourth-order valence-electron chi connectivity index (χ4n) is 3.96. The topological polar surface area (TPSA) is 157 Å². The summed E-state index contributed by atoms with van der Waals surface area (Å²) in [6.45, 7) is 5.37. The smallest absolute Gasteiger partial charge is 0.407 e. The van der Waals surface area contributed by atoms with Crippen molar-refractivity contribution in [2.45, 2.75) is 74.4 Å². The number of benzene rings is 2. The zero-order valence-corrected chi connectivity index (χ0v) is 25.5. The molecule has 7 N–H and O–H groups in total. The summed E-state index contributed by atoms with van der Waals surface area (Å²) in [6.07, 6.45) is 4.32. The Bertz CT molecular complexity index is 1010. The van der Waals surface area contributed by atoms with Crippen molar-refractivity contribution < 1.29 is 24.2 Å². The second kappa shape index (κ2) is 27.8. The van der Waals surface area contributed by atoms with Crippen LogP contribution in [-0.4, -0.2) is 78.9 Å². The lowest BCUT2D eigenvalue weighted by Crippen LogP contribution is -2.41. The number of thioether (sulfide) groups is 2. The van der Waals surface area contributed by atoms with Crippen LogP contribution in [0.15, 0.2) is 48.5 Å². The van der Waals surface area contributed by atoms with E-state index in [1.54, 1.807) is 11.8 Å². The van der Waals surface area contributed by atoms with Crippen LogP contribution in [-0.2, 0) is 14.3 Å². The first-order valence-electron chi connectivity index (χ1n) is 13.3. The molecule has 0 aromatic heterocycles. The monoisotopic (exact) mass is 656 g/mol. The number of aliphatic carboxylic acids is 1. The van der Waals surface area contributed by atoms with Crippen molar-refractivity contribution in [1.82, 2.24) is 10.6 Å². The molecule has 0 heterocycles. The van der Waals surface area contributed by atoms with Crippen LogP contribution in [0.2, 0.25) is 0 Å². The maximum atomic E-state index is 12.1. The van der Waals surface area contributed by atoms with E-state index in [1.807, 2.05) is 62.8 Å². The summed E-state index contributed by atoms with van der Waals surface area (Å²) in [5.41, 5.74) is 15.0. The van der Waals surface area contributed by atoms with Gasteiger partial charge in [-0.2, -0.15) is 23.5 Å². The van der Waals surface area contributed by atoms with Gasteiger partial charge in [0.15, 0.2) is 0 Å². The predicted molar refractivity (Wildman–Crippen MR) is 194 cm³/mol. The molecule has 44 heavy (non-hydrogen) atoms. The molecule has 1 aliphatic rings. The lowest BCUT2D eigenvalue weighted by atomic mass is 9.98. The Morgan fingerprint density at radius 3 is 1.77 bits per heavy atom. The van der Waals surface area contributed by atoms with Gasteiger partial charge in [-0.05, 0) is 72.6 Å². The molecule has 0 fully saturated rings. The second-order valence-corrected chi connectivity index (χ2v) is 10.8. The first-order valence-corrected chi connectivity index (χ1v) is 16.1. The molecular formula is C33H60N4O5S2. The molecule has 0 unspecified atom stereocenters. The number of fused-ring (bicyclic) bond motifs is 3. The van der Waals surface area contributed by atoms with Crippen molar-refractivity contribution in [2.75, 3.05) is 43.7 Å². The van der Waals surface area contributed by atoms with Gasteiger partial charge in [0.1, 0.15) is 12.6 Å². The standard InChI is InChI=1S/C20H21NO4S.C7H16N2OS.C2H7N.4CH4/c1-26-11-10-18(19(22)23)21-20(24)25-12-17-15-8-4-2-6-13(15)14-7-3-5-9-16(14)17;1-3-9-7(10)6(8)4-5-11-2;1-2-3;;;;/h2-9,17-18H,10-12H2,1H3,(H,21,24)(H,22,23);6H,3-5,8H2,1-2H3,(H,9,10);2-3H2,1H3;4*1H4/t18-;6-;;;;;/m10...../s1. The number of rotatable bonds is 12. The van der Waals surface area contributed by atoms with Gasteiger partial charge in [-0.25, -0.2) is 9.59 Å². The van der Waals surface area contributed by atoms with E-state index in [0.29, 0.717) is 18.7 Å². The van der Waals surface area contributed by atoms with Crippen LogP contribution in [0.4, 0.5) is 4.79 Å². The molecule has 2 aromatic rings. The van der Waals surface area contributed by atoms with Gasteiger partial charge in [0, 0.05) is 12.5 Å². The largest absolute Gasteiger partial charge is 0.480 e. The number of carbonyl (C=O) groups is 3. The molecular weight excluding hydrogens is 597 g/mol. The lowest BCUT2D eigenvalue weighted by molar-refractivity contribution is -0.139. The SMILES string of the molecule is C.C.C.C.CCN.CCNC(=O)[C@@H](N)CCSC.CSCC[C@@H](NC(=O)OCC1c2ccccc2-c2ccccc21)C(=O)O. The van der Waals surface area contributed by atoms with Crippen molar-refractivity contribution in [3.8, 4) is 11.1 Å². The van der Waals surface area contributed by atoms with E-state index < -0.39 is 18.1 Å². The van der Waals surface area contributed by atoms with Gasteiger partial charge >= 0.3 is 12.1 Å². The number of likely N-dealkylation sites (N-methyl/N-ethyl adjacent to an activating group) is 1. The maximum absolute atomic E-state index is 12.1. The molecule has 11 heteroatoms. The van der Waals surface area contributed by atoms with Crippen LogP contribution in [0.5, 0.6) is 0 Å². The summed E-state index contributed by atoms with van der Waals surface area (Å²) in [6, 6.07) is 14.9. The van der Waals surface area contributed by atoms with Gasteiger partial charge in [-0.15, -0.1) is 0 Å². The minimum absolute atomic E-state index is 0. The van der Waals surface area contributed by atoms with Gasteiger partial charge in [0.25, 0.3) is 0 Å². The van der Waals surface area contributed by atoms with E-state index in [-0.39, 0.29) is 54.2 Å². The fraction of sp³-hybridized carbons (Fsp3) is 0.545. The number of carboxylic acids is 1. The predicted octanol–water partition coefficient (Wildman–Crippen LogP) is 6.44. The third-order valence-electron chi connectivity index (χ3n) is 5.87. The number of alkyl carbamates (subject to hydrolysis) is 1. The minimum Gasteiger partial charge on any atom is -0.480 e. The average molecular weight is 657 g/mol. The van der Waals surface area contributed by atoms with Crippen molar-refractivity contribution in [3.63, 3.8) is 0 Å². The van der Waals surface area contributed by atoms with Gasteiger partial charge in [0.05, 0.1) is 6.04 Å². The Morgan fingerprint density at radius 2 is 1.34 bits per heavy atom. The van der Waals surface area contributed by atoms with Gasteiger partial charge in [-0.1, -0.05) is 85.2 Å². The Hall–Kier alpha value is -2.73. The van der Waals surface area contributed by atoms with Crippen LogP contribution in [0.3, 0.4) is 0 Å². The van der Waals surface area contributed by atoms with E-state index in [4.69, 9.17) is 16.2 Å². The molecule has 0 saturated carbocycles. The van der Waals surface area contributed by atoms with E-state index >= 15 is 0 Å². The normalized spacial score (nSPS) is 11.6. The first kappa shape index (κ1) is 48.2. The van der Waals surface area contributed by atoms with Crippen LogP contribution >= 0.6 is 23.5 Å². The minimum atomic E-state index is -1.05. The Kier molecular flexibility index (Phi) is 30.4. The summed E-state index contributed by atoms with van der Waals surface area (Å²) in [7, 11) is 0. The number of ether oxygens (including phenoxy) is 1. The molecule has 0 spiro atoms. The summed E-state index contributed by atoms with van der Waals surface area (Å²) >= 11 is 3.24. The van der Waals surface area contributed by atoms with Gasteiger partial charge in [-0.3, -0.25) is 4.79 Å². The van der Waals surface area contributed by atoms with Crippen LogP contribution in [0.1, 0.15) is 73.4 Å². The highest BCUT2D eigenvalue weighted by atomic mass is 32.2. The van der Waals surface area contributed by atoms with E-state index in [0.717, 1.165) is 41.0 Å². The molecule has 2 amide bonds. The number of hydrogen-bond donors (Lipinski definition) is 5. The number of hydrogen-bond acceptors (Lipinski definition) is 8. The summed E-state index contributed by atoms with van der Waals surface area (Å²) in [4.78, 5) is 34.4. The Balaban J connectivity index is -0.000000381. The Labute approximate surface area is 276 Å². The highest BCUT2D eigenvalue weighted by Crippen LogP contribution is 2.44. The molecule has 2 aromatic carbocycles. The quantitative estimate of drug-likeness (QED) is 0.173. The van der Waals surface area contributed by atoms with Crippen molar-refractivity contribution in [2.24, 2.45) is 11.5 Å². The number of carboxylic acid groups (broad SMARTS) is 1. The summed E-state index contributed by atoms with van der Waals surface area (Å²) in [5, 5.41) is 14.3. The van der Waals surface area contributed by atoms with Gasteiger partial charge in [0.2, 0.25) is 5.91 Å².